The van der Waals surface area contributed by atoms with E-state index < -0.39 is 59.5 Å². The summed E-state index contributed by atoms with van der Waals surface area (Å²) in [6.45, 7) is 1.85. The summed E-state index contributed by atoms with van der Waals surface area (Å²) in [4.78, 5) is 100. The Morgan fingerprint density at radius 3 is 2.22 bits per heavy atom. The van der Waals surface area contributed by atoms with Gasteiger partial charge in [0.2, 0.25) is 23.6 Å². The number of para-hydroxylation sites is 1. The van der Waals surface area contributed by atoms with Crippen molar-refractivity contribution in [2.24, 2.45) is 0 Å². The van der Waals surface area contributed by atoms with Crippen molar-refractivity contribution in [1.82, 2.24) is 25.8 Å². The zero-order chi connectivity index (χ0) is 50.0. The van der Waals surface area contributed by atoms with Crippen LogP contribution in [-0.2, 0) is 33.4 Å². The first-order chi connectivity index (χ1) is 35.2. The van der Waals surface area contributed by atoms with Crippen molar-refractivity contribution >= 4 is 74.7 Å². The minimum atomic E-state index is -1.33. The highest BCUT2D eigenvalue weighted by molar-refractivity contribution is 6.25. The van der Waals surface area contributed by atoms with Crippen molar-refractivity contribution < 1.29 is 56.6 Å². The van der Waals surface area contributed by atoms with Crippen molar-refractivity contribution in [3.05, 3.63) is 162 Å². The molecule has 19 nitrogen and oxygen atoms in total. The predicted molar refractivity (Wildman–Crippen MR) is 261 cm³/mol. The highest BCUT2D eigenvalue weighted by Gasteiger charge is 2.45. The van der Waals surface area contributed by atoms with Gasteiger partial charge >= 0.3 is 0 Å². The number of ether oxygens (including phenoxy) is 3. The van der Waals surface area contributed by atoms with Crippen molar-refractivity contribution in [1.29, 1.82) is 0 Å². The van der Waals surface area contributed by atoms with Crippen molar-refractivity contribution in [2.75, 3.05) is 62.9 Å². The average Bonchev–Trinajstić information content (AvgIpc) is 4.14. The van der Waals surface area contributed by atoms with Crippen LogP contribution < -0.4 is 26.2 Å². The number of pyridine rings is 1. The SMILES string of the molecule is O=C1CCC(N2C(=O)c3cccc(NCCOCCOCCOCCNC(=O)[C@@H](NC(=O)C(c4cccnc4)N(C(=O)c4ccco4)c4ccc5c(c4)oc4ccccc45)c4ccccc4)c3C2=O)C(=O)N1. The van der Waals surface area contributed by atoms with Crippen molar-refractivity contribution in [2.45, 2.75) is 31.0 Å². The van der Waals surface area contributed by atoms with Crippen molar-refractivity contribution in [3.63, 3.8) is 0 Å². The van der Waals surface area contributed by atoms with E-state index in [4.69, 9.17) is 23.0 Å². The Morgan fingerprint density at radius 1 is 0.736 bits per heavy atom. The van der Waals surface area contributed by atoms with E-state index in [0.717, 1.165) is 15.7 Å². The predicted octanol–water partition coefficient (Wildman–Crippen LogP) is 5.50. The number of amides is 7. The lowest BCUT2D eigenvalue weighted by Crippen LogP contribution is -2.54. The third kappa shape index (κ3) is 10.6. The van der Waals surface area contributed by atoms with Gasteiger partial charge in [-0.2, -0.15) is 0 Å². The number of imide groups is 2. The summed E-state index contributed by atoms with van der Waals surface area (Å²) in [6.07, 6.45) is 4.52. The molecule has 1 saturated heterocycles. The molecule has 0 radical (unpaired) electrons. The number of fused-ring (bicyclic) bond motifs is 4. The van der Waals surface area contributed by atoms with Gasteiger partial charge in [0, 0.05) is 65.7 Å². The quantitative estimate of drug-likeness (QED) is 0.0485. The van der Waals surface area contributed by atoms with Crippen LogP contribution in [0.2, 0.25) is 0 Å². The Kier molecular flexibility index (Phi) is 15.1. The van der Waals surface area contributed by atoms with Gasteiger partial charge in [0.25, 0.3) is 17.7 Å². The maximum Gasteiger partial charge on any atom is 0.294 e. The molecular formula is C53H49N7O12. The molecular weight excluding hydrogens is 927 g/mol. The highest BCUT2D eigenvalue weighted by Crippen LogP contribution is 2.37. The largest absolute Gasteiger partial charge is 0.459 e. The Labute approximate surface area is 411 Å². The number of nitrogens with zero attached hydrogens (tertiary/aromatic N) is 3. The number of carbonyl (C=O) groups excluding carboxylic acids is 7. The topological polar surface area (TPSA) is 241 Å². The molecule has 0 saturated carbocycles. The molecule has 7 amide bonds. The Hall–Kier alpha value is -8.52. The summed E-state index contributed by atoms with van der Waals surface area (Å²) >= 11 is 0. The molecule has 2 unspecified atom stereocenters. The first-order valence-corrected chi connectivity index (χ1v) is 23.3. The molecule has 7 aromatic rings. The van der Waals surface area contributed by atoms with Crippen LogP contribution in [0, 0.1) is 0 Å². The molecule has 0 bridgehead atoms. The normalized spacial score (nSPS) is 15.3. The van der Waals surface area contributed by atoms with Crippen LogP contribution in [0.4, 0.5) is 11.4 Å². The van der Waals surface area contributed by atoms with Gasteiger partial charge in [0.15, 0.2) is 5.76 Å². The van der Waals surface area contributed by atoms with Gasteiger partial charge in [-0.05, 0) is 60.5 Å². The third-order valence-corrected chi connectivity index (χ3v) is 12.1. The smallest absolute Gasteiger partial charge is 0.294 e. The standard InChI is InChI=1S/C53H49N7O12/c61-44-20-19-40(48(62)57-44)60-51(65)38-13-6-14-39(45(38)53(60)67)55-22-25-68-27-29-70-30-28-69-26-23-56-49(63)46(33-9-2-1-3-10-33)58-50(64)47(34-11-7-21-54-32-34)59(52(66)42-16-8-24-71-42)35-17-18-37-36-12-4-5-15-41(36)72-43(37)31-35/h1-18,21,24,31-32,40,46-47,55H,19-20,22-23,25-30H2,(H,56,63)(H,58,64)(H,57,61,62)/t40?,46-,47?/m0/s1. The monoisotopic (exact) mass is 975 g/mol. The number of hydrogen-bond acceptors (Lipinski definition) is 14. The molecule has 3 aromatic heterocycles. The van der Waals surface area contributed by atoms with E-state index in [1.165, 1.54) is 29.5 Å². The fraction of sp³-hybridized carbons (Fsp3) is 0.245. The molecule has 368 valence electrons. The number of piperidine rings is 1. The molecule has 5 heterocycles. The second-order valence-electron chi connectivity index (χ2n) is 16.7. The minimum Gasteiger partial charge on any atom is -0.459 e. The number of aromatic nitrogens is 1. The van der Waals surface area contributed by atoms with Crippen LogP contribution in [0.25, 0.3) is 21.9 Å². The van der Waals surface area contributed by atoms with Gasteiger partial charge in [-0.25, -0.2) is 0 Å². The number of furan rings is 2. The summed E-state index contributed by atoms with van der Waals surface area (Å²) in [7, 11) is 0. The van der Waals surface area contributed by atoms with Gasteiger partial charge in [0.05, 0.1) is 57.0 Å². The minimum absolute atomic E-state index is 0.0151. The second-order valence-corrected chi connectivity index (χ2v) is 16.7. The lowest BCUT2D eigenvalue weighted by Gasteiger charge is -2.32. The first kappa shape index (κ1) is 48.5. The van der Waals surface area contributed by atoms with Crippen LogP contribution in [0.5, 0.6) is 0 Å². The Bertz CT molecular complexity index is 3110. The number of anilines is 2. The molecule has 72 heavy (non-hydrogen) atoms. The maximum absolute atomic E-state index is 14.8. The fourth-order valence-corrected chi connectivity index (χ4v) is 8.70. The number of rotatable bonds is 22. The van der Waals surface area contributed by atoms with E-state index in [9.17, 15) is 33.6 Å². The van der Waals surface area contributed by atoms with Gasteiger partial charge in [-0.15, -0.1) is 0 Å². The lowest BCUT2D eigenvalue weighted by molar-refractivity contribution is -0.136. The van der Waals surface area contributed by atoms with Crippen LogP contribution in [-0.4, -0.2) is 110 Å². The molecule has 3 atom stereocenters. The molecule has 19 heteroatoms. The molecule has 0 aliphatic carbocycles. The molecule has 0 spiro atoms. The van der Waals surface area contributed by atoms with E-state index in [2.05, 4.69) is 26.3 Å². The summed E-state index contributed by atoms with van der Waals surface area (Å²) in [5, 5.41) is 12.8. The number of benzene rings is 4. The van der Waals surface area contributed by atoms with Crippen LogP contribution in [0.1, 0.15) is 67.3 Å². The lowest BCUT2D eigenvalue weighted by atomic mass is 10.0. The van der Waals surface area contributed by atoms with E-state index in [1.54, 1.807) is 79.0 Å². The highest BCUT2D eigenvalue weighted by atomic mass is 16.5. The van der Waals surface area contributed by atoms with Gasteiger partial charge in [-0.1, -0.05) is 60.7 Å². The van der Waals surface area contributed by atoms with E-state index >= 15 is 0 Å². The summed E-state index contributed by atoms with van der Waals surface area (Å²) in [5.41, 5.74) is 3.15. The second kappa shape index (κ2) is 22.5. The number of carbonyl (C=O) groups is 7. The summed E-state index contributed by atoms with van der Waals surface area (Å²) < 4.78 is 28.7. The van der Waals surface area contributed by atoms with Crippen molar-refractivity contribution in [3.8, 4) is 0 Å². The molecule has 2 aliphatic heterocycles. The van der Waals surface area contributed by atoms with Crippen LogP contribution in [0.15, 0.2) is 143 Å². The zero-order valence-corrected chi connectivity index (χ0v) is 38.7. The third-order valence-electron chi connectivity index (χ3n) is 12.1. The van der Waals surface area contributed by atoms with Crippen LogP contribution in [0.3, 0.4) is 0 Å². The summed E-state index contributed by atoms with van der Waals surface area (Å²) in [6, 6.07) is 29.3. The van der Waals surface area contributed by atoms with E-state index in [0.29, 0.717) is 40.2 Å². The number of nitrogens with one attached hydrogen (secondary N) is 4. The molecule has 4 N–H and O–H groups in total. The van der Waals surface area contributed by atoms with Gasteiger partial charge < -0.3 is 39.0 Å². The molecule has 9 rings (SSSR count). The summed E-state index contributed by atoms with van der Waals surface area (Å²) in [5.74, 6) is -4.10. The molecule has 4 aromatic carbocycles. The van der Waals surface area contributed by atoms with Crippen LogP contribution >= 0.6 is 0 Å². The van der Waals surface area contributed by atoms with Gasteiger partial charge in [-0.3, -0.25) is 53.7 Å². The number of hydrogen-bond donors (Lipinski definition) is 4. The first-order valence-electron chi connectivity index (χ1n) is 23.3. The fourth-order valence-electron chi connectivity index (χ4n) is 8.70. The Balaban J connectivity index is 0.756. The van der Waals surface area contributed by atoms with E-state index in [1.807, 2.05) is 30.3 Å². The zero-order valence-electron chi connectivity index (χ0n) is 38.7. The molecule has 1 fully saturated rings. The van der Waals surface area contributed by atoms with E-state index in [-0.39, 0.29) is 75.9 Å². The van der Waals surface area contributed by atoms with Gasteiger partial charge in [0.1, 0.15) is 29.3 Å². The maximum atomic E-state index is 14.8. The Morgan fingerprint density at radius 2 is 1.47 bits per heavy atom. The molecule has 2 aliphatic rings. The average molecular weight is 976 g/mol.